The average Bonchev–Trinajstić information content (AvgIpc) is 2.76. The topological polar surface area (TPSA) is 74.0 Å². The van der Waals surface area contributed by atoms with Crippen molar-refractivity contribution in [3.05, 3.63) is 84.5 Å². The van der Waals surface area contributed by atoms with Crippen LogP contribution in [0.1, 0.15) is 29.2 Å². The smallest absolute Gasteiger partial charge is 0.416 e. The van der Waals surface area contributed by atoms with Crippen molar-refractivity contribution in [3.8, 4) is 17.2 Å². The van der Waals surface area contributed by atoms with Crippen molar-refractivity contribution in [1.82, 2.24) is 0 Å². The first-order chi connectivity index (χ1) is 16.0. The van der Waals surface area contributed by atoms with E-state index in [-0.39, 0.29) is 23.9 Å². The van der Waals surface area contributed by atoms with Gasteiger partial charge >= 0.3 is 11.9 Å². The highest BCUT2D eigenvalue weighted by molar-refractivity contribution is 14.1. The van der Waals surface area contributed by atoms with Crippen LogP contribution in [0.5, 0.6) is 17.2 Å². The summed E-state index contributed by atoms with van der Waals surface area (Å²) in [5, 5.41) is 11.4. The Morgan fingerprint density at radius 1 is 1.06 bits per heavy atom. The summed E-state index contributed by atoms with van der Waals surface area (Å²) >= 11 is 1.97. The molecule has 0 unspecified atom stereocenters. The van der Waals surface area contributed by atoms with Crippen molar-refractivity contribution in [2.45, 2.75) is 26.9 Å². The second-order valence-electron chi connectivity index (χ2n) is 7.33. The van der Waals surface area contributed by atoms with Gasteiger partial charge in [-0.05, 0) is 96.5 Å². The van der Waals surface area contributed by atoms with Gasteiger partial charge in [0.1, 0.15) is 0 Å². The molecular weight excluding hydrogens is 564 g/mol. The van der Waals surface area contributed by atoms with Gasteiger partial charge in [-0.1, -0.05) is 6.07 Å². The van der Waals surface area contributed by atoms with E-state index in [1.54, 1.807) is 25.3 Å². The number of alkyl halides is 3. The molecule has 0 aliphatic rings. The Morgan fingerprint density at radius 3 is 2.41 bits per heavy atom. The van der Waals surface area contributed by atoms with Crippen molar-refractivity contribution in [3.63, 3.8) is 0 Å². The normalized spacial score (nSPS) is 11.6. The lowest BCUT2D eigenvalue weighted by Crippen LogP contribution is -2.06. The van der Waals surface area contributed by atoms with Gasteiger partial charge in [0, 0.05) is 12.3 Å². The SMILES string of the molecule is CCOc1cc(C=Nc2ccc(C)c(C)c2)cc(I)c1Oc1ccc(C(F)(F)F)cc1[N+](=O)[O-]. The standard InChI is InChI=1S/C24H20F3IN2O4/c1-4-33-22-11-16(13-29-18-7-5-14(2)15(3)9-18)10-19(28)23(22)34-21-8-6-17(24(25,26)27)12-20(21)30(31)32/h5-13H,4H2,1-3H3. The Balaban J connectivity index is 1.98. The highest BCUT2D eigenvalue weighted by atomic mass is 127. The molecular formula is C24H20F3IN2O4. The number of aryl methyl sites for hydroxylation is 2. The van der Waals surface area contributed by atoms with Crippen LogP contribution in [0, 0.1) is 27.5 Å². The lowest BCUT2D eigenvalue weighted by molar-refractivity contribution is -0.385. The van der Waals surface area contributed by atoms with Gasteiger partial charge < -0.3 is 9.47 Å². The minimum Gasteiger partial charge on any atom is -0.490 e. The average molecular weight is 584 g/mol. The van der Waals surface area contributed by atoms with Crippen LogP contribution in [-0.4, -0.2) is 17.7 Å². The van der Waals surface area contributed by atoms with Gasteiger partial charge in [-0.15, -0.1) is 0 Å². The second kappa shape index (κ2) is 10.4. The summed E-state index contributed by atoms with van der Waals surface area (Å²) < 4.78 is 50.9. The summed E-state index contributed by atoms with van der Waals surface area (Å²) in [5.41, 5.74) is 1.81. The minimum atomic E-state index is -4.72. The molecule has 0 aliphatic carbocycles. The van der Waals surface area contributed by atoms with Crippen molar-refractivity contribution in [1.29, 1.82) is 0 Å². The number of hydrogen-bond donors (Lipinski definition) is 0. The number of aliphatic imine (C=N–C) groups is 1. The number of nitrogens with zero attached hydrogens (tertiary/aromatic N) is 2. The third-order valence-corrected chi connectivity index (χ3v) is 5.68. The van der Waals surface area contributed by atoms with E-state index >= 15 is 0 Å². The van der Waals surface area contributed by atoms with Gasteiger partial charge in [0.25, 0.3) is 0 Å². The van der Waals surface area contributed by atoms with E-state index in [4.69, 9.17) is 9.47 Å². The van der Waals surface area contributed by atoms with E-state index in [1.165, 1.54) is 0 Å². The number of rotatable bonds is 7. The molecule has 0 bridgehead atoms. The predicted molar refractivity (Wildman–Crippen MR) is 132 cm³/mol. The van der Waals surface area contributed by atoms with Crippen LogP contribution < -0.4 is 9.47 Å². The van der Waals surface area contributed by atoms with Crippen LogP contribution in [0.15, 0.2) is 53.5 Å². The third kappa shape index (κ3) is 6.04. The van der Waals surface area contributed by atoms with E-state index in [1.807, 2.05) is 54.6 Å². The van der Waals surface area contributed by atoms with Crippen molar-refractivity contribution >= 4 is 40.2 Å². The number of halogens is 4. The van der Waals surface area contributed by atoms with Crippen LogP contribution in [0.4, 0.5) is 24.5 Å². The maximum atomic E-state index is 13.0. The van der Waals surface area contributed by atoms with Gasteiger partial charge in [0.15, 0.2) is 11.5 Å². The number of nitro benzene ring substituents is 1. The minimum absolute atomic E-state index is 0.161. The molecule has 178 valence electrons. The quantitative estimate of drug-likeness (QED) is 0.123. The van der Waals surface area contributed by atoms with Crippen molar-refractivity contribution in [2.24, 2.45) is 4.99 Å². The Kier molecular flexibility index (Phi) is 7.80. The van der Waals surface area contributed by atoms with E-state index in [0.717, 1.165) is 28.9 Å². The van der Waals surface area contributed by atoms with Gasteiger partial charge in [0.2, 0.25) is 5.75 Å². The molecule has 3 rings (SSSR count). The lowest BCUT2D eigenvalue weighted by Gasteiger charge is -2.15. The van der Waals surface area contributed by atoms with E-state index in [9.17, 15) is 23.3 Å². The molecule has 34 heavy (non-hydrogen) atoms. The summed E-state index contributed by atoms with van der Waals surface area (Å²) in [7, 11) is 0. The largest absolute Gasteiger partial charge is 0.490 e. The molecule has 0 N–H and O–H groups in total. The number of nitro groups is 1. The second-order valence-corrected chi connectivity index (χ2v) is 8.49. The van der Waals surface area contributed by atoms with Crippen LogP contribution in [0.25, 0.3) is 0 Å². The molecule has 10 heteroatoms. The highest BCUT2D eigenvalue weighted by Crippen LogP contribution is 2.42. The molecule has 0 aromatic heterocycles. The summed E-state index contributed by atoms with van der Waals surface area (Å²) in [6.07, 6.45) is -3.07. The van der Waals surface area contributed by atoms with Gasteiger partial charge in [-0.2, -0.15) is 13.2 Å². The van der Waals surface area contributed by atoms with Crippen LogP contribution in [0.3, 0.4) is 0 Å². The zero-order valence-electron chi connectivity index (χ0n) is 18.4. The monoisotopic (exact) mass is 584 g/mol. The zero-order chi connectivity index (χ0) is 25.0. The first kappa shape index (κ1) is 25.5. The lowest BCUT2D eigenvalue weighted by atomic mass is 10.1. The third-order valence-electron chi connectivity index (χ3n) is 4.88. The zero-order valence-corrected chi connectivity index (χ0v) is 20.6. The fraction of sp³-hybridized carbons (Fsp3) is 0.208. The molecule has 0 saturated carbocycles. The van der Waals surface area contributed by atoms with Crippen LogP contribution >= 0.6 is 22.6 Å². The summed E-state index contributed by atoms with van der Waals surface area (Å²) in [6, 6.07) is 11.3. The highest BCUT2D eigenvalue weighted by Gasteiger charge is 2.33. The molecule has 0 atom stereocenters. The molecule has 0 aliphatic heterocycles. The Morgan fingerprint density at radius 2 is 1.79 bits per heavy atom. The molecule has 0 saturated heterocycles. The van der Waals surface area contributed by atoms with E-state index in [2.05, 4.69) is 4.99 Å². The Hall–Kier alpha value is -3.15. The Bertz CT molecular complexity index is 1260. The van der Waals surface area contributed by atoms with E-state index in [0.29, 0.717) is 15.2 Å². The summed E-state index contributed by atoms with van der Waals surface area (Å²) in [5.74, 6) is 0.118. The number of benzene rings is 3. The molecule has 0 fully saturated rings. The van der Waals surface area contributed by atoms with Gasteiger partial charge in [-0.25, -0.2) is 0 Å². The maximum absolute atomic E-state index is 13.0. The van der Waals surface area contributed by atoms with Crippen LogP contribution in [0.2, 0.25) is 0 Å². The van der Waals surface area contributed by atoms with Gasteiger partial charge in [-0.3, -0.25) is 15.1 Å². The van der Waals surface area contributed by atoms with E-state index < -0.39 is 22.4 Å². The fourth-order valence-electron chi connectivity index (χ4n) is 3.01. The maximum Gasteiger partial charge on any atom is 0.416 e. The first-order valence-corrected chi connectivity index (χ1v) is 11.2. The fourth-order valence-corrected chi connectivity index (χ4v) is 3.75. The molecule has 0 amide bonds. The molecule has 0 spiro atoms. The van der Waals surface area contributed by atoms with Crippen LogP contribution in [-0.2, 0) is 6.18 Å². The molecule has 3 aromatic rings. The molecule has 3 aromatic carbocycles. The summed E-state index contributed by atoms with van der Waals surface area (Å²) in [6.45, 7) is 6.04. The molecule has 6 nitrogen and oxygen atoms in total. The Labute approximate surface area is 207 Å². The number of ether oxygens (including phenoxy) is 2. The number of hydrogen-bond acceptors (Lipinski definition) is 5. The predicted octanol–water partition coefficient (Wildman–Crippen LogP) is 7.78. The van der Waals surface area contributed by atoms with Crippen molar-refractivity contribution in [2.75, 3.05) is 6.61 Å². The summed E-state index contributed by atoms with van der Waals surface area (Å²) in [4.78, 5) is 15.0. The van der Waals surface area contributed by atoms with Gasteiger partial charge in [0.05, 0.1) is 26.4 Å². The first-order valence-electron chi connectivity index (χ1n) is 10.1. The molecule has 0 heterocycles. The molecule has 0 radical (unpaired) electrons. The van der Waals surface area contributed by atoms with Crippen molar-refractivity contribution < 1.29 is 27.6 Å².